The maximum absolute atomic E-state index is 11.5. The van der Waals surface area contributed by atoms with Gasteiger partial charge in [0, 0.05) is 18.5 Å². The van der Waals surface area contributed by atoms with E-state index in [4.69, 9.17) is 16.6 Å². The number of nitrogens with zero attached hydrogens (tertiary/aromatic N) is 4. The lowest BCUT2D eigenvalue weighted by atomic mass is 10.1. The molecule has 0 fully saturated rings. The van der Waals surface area contributed by atoms with Crippen LogP contribution in [0.5, 0.6) is 0 Å². The Morgan fingerprint density at radius 1 is 1.34 bits per heavy atom. The molecule has 0 bridgehead atoms. The number of anilines is 2. The Morgan fingerprint density at radius 2 is 2.10 bits per heavy atom. The number of hydrogen-bond donors (Lipinski definition) is 1. The van der Waals surface area contributed by atoms with E-state index in [2.05, 4.69) is 34.0 Å². The zero-order chi connectivity index (χ0) is 21.2. The lowest BCUT2D eigenvalue weighted by molar-refractivity contribution is 0.598. The van der Waals surface area contributed by atoms with Crippen molar-refractivity contribution in [2.24, 2.45) is 4.99 Å². The van der Waals surface area contributed by atoms with Gasteiger partial charge >= 0.3 is 0 Å². The molecule has 1 aliphatic rings. The molecule has 1 N–H and O–H groups in total. The highest BCUT2D eigenvalue weighted by atomic mass is 35.5. The van der Waals surface area contributed by atoms with Crippen LogP contribution in [0.1, 0.15) is 38.3 Å². The Kier molecular flexibility index (Phi) is 6.43. The number of fused-ring (bicyclic) bond motifs is 1. The second-order valence-corrected chi connectivity index (χ2v) is 9.53. The Morgan fingerprint density at radius 3 is 2.69 bits per heavy atom. The highest BCUT2D eigenvalue weighted by Gasteiger charge is 2.26. The third-order valence-electron chi connectivity index (χ3n) is 5.03. The summed E-state index contributed by atoms with van der Waals surface area (Å²) in [6.07, 6.45) is 4.47. The molecule has 0 aromatic carbocycles. The molecular formula is C20H26ClN5O2S. The summed E-state index contributed by atoms with van der Waals surface area (Å²) in [5.41, 5.74) is 2.74. The van der Waals surface area contributed by atoms with Crippen molar-refractivity contribution in [1.29, 1.82) is 0 Å². The lowest BCUT2D eigenvalue weighted by Gasteiger charge is -2.36. The predicted octanol–water partition coefficient (Wildman–Crippen LogP) is 3.73. The van der Waals surface area contributed by atoms with Gasteiger partial charge in [0.15, 0.2) is 20.7 Å². The number of aliphatic imine (C=N–C) groups is 1. The number of amidine groups is 1. The maximum atomic E-state index is 11.5. The van der Waals surface area contributed by atoms with Gasteiger partial charge in [-0.2, -0.15) is 0 Å². The summed E-state index contributed by atoms with van der Waals surface area (Å²) < 4.78 is 23.1. The van der Waals surface area contributed by atoms with Crippen LogP contribution >= 0.6 is 11.6 Å². The number of rotatable bonds is 6. The number of halogens is 1. The molecular weight excluding hydrogens is 410 g/mol. The Balaban J connectivity index is 1.87. The number of pyridine rings is 2. The Labute approximate surface area is 177 Å². The van der Waals surface area contributed by atoms with Gasteiger partial charge in [-0.15, -0.1) is 0 Å². The maximum Gasteiger partial charge on any atom is 0.192 e. The van der Waals surface area contributed by atoms with Crippen molar-refractivity contribution in [1.82, 2.24) is 9.97 Å². The summed E-state index contributed by atoms with van der Waals surface area (Å²) >= 11 is 6.35. The SMILES string of the molecule is CCc1cc2c(nc1Cl)N(C(C)CC)CC(=NCc1ccc(S(C)(=O)=O)nc1)N2. The average Bonchev–Trinajstić information content (AvgIpc) is 2.70. The molecule has 156 valence electrons. The van der Waals surface area contributed by atoms with Gasteiger partial charge in [0.05, 0.1) is 18.8 Å². The summed E-state index contributed by atoms with van der Waals surface area (Å²) in [4.78, 5) is 15.6. The van der Waals surface area contributed by atoms with Gasteiger partial charge < -0.3 is 10.2 Å². The van der Waals surface area contributed by atoms with E-state index in [-0.39, 0.29) is 11.1 Å². The van der Waals surface area contributed by atoms with E-state index < -0.39 is 9.84 Å². The fourth-order valence-electron chi connectivity index (χ4n) is 3.10. The van der Waals surface area contributed by atoms with E-state index in [9.17, 15) is 8.42 Å². The van der Waals surface area contributed by atoms with Gasteiger partial charge in [-0.1, -0.05) is 31.5 Å². The van der Waals surface area contributed by atoms with E-state index in [1.165, 1.54) is 6.07 Å². The van der Waals surface area contributed by atoms with Gasteiger partial charge in [0.25, 0.3) is 0 Å². The molecule has 1 aliphatic heterocycles. The smallest absolute Gasteiger partial charge is 0.192 e. The topological polar surface area (TPSA) is 87.6 Å². The molecule has 0 aliphatic carbocycles. The number of nitrogens with one attached hydrogen (secondary N) is 1. The highest BCUT2D eigenvalue weighted by Crippen LogP contribution is 2.33. The number of aryl methyl sites for hydroxylation is 1. The van der Waals surface area contributed by atoms with Crippen molar-refractivity contribution in [2.45, 2.75) is 51.2 Å². The van der Waals surface area contributed by atoms with Gasteiger partial charge in [0.1, 0.15) is 11.0 Å². The number of aromatic nitrogens is 2. The van der Waals surface area contributed by atoms with Crippen LogP contribution in [0, 0.1) is 0 Å². The van der Waals surface area contributed by atoms with Crippen molar-refractivity contribution in [3.8, 4) is 0 Å². The number of hydrogen-bond acceptors (Lipinski definition) is 6. The second-order valence-electron chi connectivity index (χ2n) is 7.21. The average molecular weight is 436 g/mol. The van der Waals surface area contributed by atoms with Crippen LogP contribution in [0.2, 0.25) is 5.15 Å². The fraction of sp³-hybridized carbons (Fsp3) is 0.450. The van der Waals surface area contributed by atoms with Crippen molar-refractivity contribution in [3.63, 3.8) is 0 Å². The van der Waals surface area contributed by atoms with Crippen LogP contribution in [-0.4, -0.2) is 43.1 Å². The molecule has 2 aromatic rings. The molecule has 9 heteroatoms. The minimum Gasteiger partial charge on any atom is -0.345 e. The minimum atomic E-state index is -3.30. The normalized spacial score (nSPS) is 16.4. The molecule has 2 aromatic heterocycles. The van der Waals surface area contributed by atoms with Crippen molar-refractivity contribution < 1.29 is 8.42 Å². The van der Waals surface area contributed by atoms with E-state index >= 15 is 0 Å². The van der Waals surface area contributed by atoms with E-state index in [1.54, 1.807) is 12.3 Å². The first-order valence-corrected chi connectivity index (χ1v) is 11.9. The minimum absolute atomic E-state index is 0.0663. The van der Waals surface area contributed by atoms with Gasteiger partial charge in [-0.3, -0.25) is 4.99 Å². The van der Waals surface area contributed by atoms with Gasteiger partial charge in [0.2, 0.25) is 0 Å². The van der Waals surface area contributed by atoms with E-state index in [1.807, 2.05) is 13.0 Å². The van der Waals surface area contributed by atoms with Crippen LogP contribution in [0.15, 0.2) is 34.4 Å². The van der Waals surface area contributed by atoms with Gasteiger partial charge in [-0.25, -0.2) is 18.4 Å². The molecule has 0 amide bonds. The summed E-state index contributed by atoms with van der Waals surface area (Å²) in [7, 11) is -3.30. The molecule has 1 atom stereocenters. The highest BCUT2D eigenvalue weighted by molar-refractivity contribution is 7.90. The first kappa shape index (κ1) is 21.5. The molecule has 0 radical (unpaired) electrons. The third kappa shape index (κ3) is 4.87. The summed E-state index contributed by atoms with van der Waals surface area (Å²) in [5.74, 6) is 1.68. The molecule has 7 nitrogen and oxygen atoms in total. The molecule has 1 unspecified atom stereocenters. The molecule has 3 rings (SSSR count). The van der Waals surface area contributed by atoms with Crippen molar-refractivity contribution >= 4 is 38.8 Å². The molecule has 0 saturated heterocycles. The second kappa shape index (κ2) is 8.67. The predicted molar refractivity (Wildman–Crippen MR) is 118 cm³/mol. The zero-order valence-electron chi connectivity index (χ0n) is 17.1. The van der Waals surface area contributed by atoms with Crippen molar-refractivity contribution in [3.05, 3.63) is 40.7 Å². The van der Waals surface area contributed by atoms with Crippen LogP contribution in [-0.2, 0) is 22.8 Å². The fourth-order valence-corrected chi connectivity index (χ4v) is 3.93. The van der Waals surface area contributed by atoms with Crippen LogP contribution < -0.4 is 10.2 Å². The first-order valence-electron chi connectivity index (χ1n) is 9.64. The van der Waals surface area contributed by atoms with E-state index in [0.717, 1.165) is 47.6 Å². The Bertz CT molecular complexity index is 1020. The van der Waals surface area contributed by atoms with E-state index in [0.29, 0.717) is 18.2 Å². The quantitative estimate of drug-likeness (QED) is 0.695. The molecule has 0 spiro atoms. The zero-order valence-corrected chi connectivity index (χ0v) is 18.7. The molecule has 0 saturated carbocycles. The van der Waals surface area contributed by atoms with Crippen molar-refractivity contribution in [2.75, 3.05) is 23.0 Å². The summed E-state index contributed by atoms with van der Waals surface area (Å²) in [5, 5.41) is 3.99. The molecule has 29 heavy (non-hydrogen) atoms. The summed E-state index contributed by atoms with van der Waals surface area (Å²) in [6.45, 7) is 7.35. The standard InChI is InChI=1S/C20H26ClN5O2S/c1-5-13(3)26-12-17(24-16-9-15(6-2)19(21)25-20(16)26)22-10-14-7-8-18(23-11-14)29(4,27)28/h7-9,11,13H,5-6,10,12H2,1-4H3,(H,22,24). The lowest BCUT2D eigenvalue weighted by Crippen LogP contribution is -2.44. The van der Waals surface area contributed by atoms with Crippen LogP contribution in [0.25, 0.3) is 0 Å². The third-order valence-corrected chi connectivity index (χ3v) is 6.36. The monoisotopic (exact) mass is 435 g/mol. The largest absolute Gasteiger partial charge is 0.345 e. The molecule has 3 heterocycles. The Hall–Kier alpha value is -2.19. The summed E-state index contributed by atoms with van der Waals surface area (Å²) in [6, 6.07) is 5.58. The number of sulfone groups is 1. The first-order chi connectivity index (χ1) is 13.7. The van der Waals surface area contributed by atoms with Crippen LogP contribution in [0.4, 0.5) is 11.5 Å². The van der Waals surface area contributed by atoms with Gasteiger partial charge in [-0.05, 0) is 43.0 Å². The van der Waals surface area contributed by atoms with Crippen LogP contribution in [0.3, 0.4) is 0 Å².